The van der Waals surface area contributed by atoms with Gasteiger partial charge < -0.3 is 15.4 Å². The van der Waals surface area contributed by atoms with Crippen molar-refractivity contribution in [2.24, 2.45) is 0 Å². The monoisotopic (exact) mass is 318 g/mol. The zero-order chi connectivity index (χ0) is 15.9. The number of ether oxygens (including phenoxy) is 1. The van der Waals surface area contributed by atoms with Crippen molar-refractivity contribution in [3.8, 4) is 5.75 Å². The van der Waals surface area contributed by atoms with E-state index in [-0.39, 0.29) is 6.03 Å². The number of urea groups is 1. The Kier molecular flexibility index (Phi) is 5.67. The summed E-state index contributed by atoms with van der Waals surface area (Å²) in [5.74, 6) is 0.662. The van der Waals surface area contributed by atoms with Crippen molar-refractivity contribution in [2.45, 2.75) is 20.4 Å². The lowest BCUT2D eigenvalue weighted by Gasteiger charge is -2.13. The van der Waals surface area contributed by atoms with Gasteiger partial charge in [0.05, 0.1) is 12.3 Å². The van der Waals surface area contributed by atoms with Crippen molar-refractivity contribution >= 4 is 23.3 Å². The second-order valence-electron chi connectivity index (χ2n) is 4.83. The molecule has 0 unspecified atom stereocenters. The molecule has 0 fully saturated rings. The molecule has 5 heteroatoms. The average molecular weight is 319 g/mol. The highest BCUT2D eigenvalue weighted by atomic mass is 35.5. The third-order valence-electron chi connectivity index (χ3n) is 3.08. The van der Waals surface area contributed by atoms with E-state index in [0.717, 1.165) is 11.1 Å². The molecule has 4 nitrogen and oxygen atoms in total. The minimum atomic E-state index is -0.301. The summed E-state index contributed by atoms with van der Waals surface area (Å²) < 4.78 is 5.54. The van der Waals surface area contributed by atoms with E-state index in [9.17, 15) is 4.79 Å². The van der Waals surface area contributed by atoms with E-state index in [1.165, 1.54) is 0 Å². The average Bonchev–Trinajstić information content (AvgIpc) is 2.49. The molecule has 0 radical (unpaired) electrons. The maximum atomic E-state index is 12.0. The van der Waals surface area contributed by atoms with Crippen molar-refractivity contribution in [1.82, 2.24) is 5.32 Å². The Balaban J connectivity index is 1.99. The summed E-state index contributed by atoms with van der Waals surface area (Å²) in [5.41, 5.74) is 2.59. The van der Waals surface area contributed by atoms with Crippen molar-refractivity contribution < 1.29 is 9.53 Å². The van der Waals surface area contributed by atoms with Crippen LogP contribution in [-0.4, -0.2) is 12.6 Å². The molecule has 0 atom stereocenters. The van der Waals surface area contributed by atoms with E-state index < -0.39 is 0 Å². The number of anilines is 1. The maximum Gasteiger partial charge on any atom is 0.319 e. The minimum Gasteiger partial charge on any atom is -0.492 e. The lowest BCUT2D eigenvalue weighted by atomic mass is 10.2. The molecule has 2 aromatic carbocycles. The van der Waals surface area contributed by atoms with Crippen LogP contribution in [-0.2, 0) is 6.54 Å². The molecule has 0 aliphatic heterocycles. The number of carbonyl (C=O) groups is 1. The molecule has 22 heavy (non-hydrogen) atoms. The Labute approximate surface area is 135 Å². The smallest absolute Gasteiger partial charge is 0.319 e. The van der Waals surface area contributed by atoms with Crippen LogP contribution >= 0.6 is 11.6 Å². The number of nitrogens with one attached hydrogen (secondary N) is 2. The summed E-state index contributed by atoms with van der Waals surface area (Å²) in [6.07, 6.45) is 0. The SMILES string of the molecule is CCOc1cc(C)ccc1NC(=O)NCc1ccccc1Cl. The summed E-state index contributed by atoms with van der Waals surface area (Å²) in [4.78, 5) is 12.0. The summed E-state index contributed by atoms with van der Waals surface area (Å²) in [6, 6.07) is 12.8. The topological polar surface area (TPSA) is 50.4 Å². The van der Waals surface area contributed by atoms with Gasteiger partial charge in [-0.3, -0.25) is 0 Å². The minimum absolute atomic E-state index is 0.301. The number of carbonyl (C=O) groups excluding carboxylic acids is 1. The number of amides is 2. The molecule has 2 rings (SSSR count). The van der Waals surface area contributed by atoms with E-state index in [1.807, 2.05) is 50.2 Å². The van der Waals surface area contributed by atoms with Gasteiger partial charge in [0.25, 0.3) is 0 Å². The van der Waals surface area contributed by atoms with E-state index in [1.54, 1.807) is 6.07 Å². The van der Waals surface area contributed by atoms with Crippen LogP contribution in [0.15, 0.2) is 42.5 Å². The van der Waals surface area contributed by atoms with Crippen molar-refractivity contribution in [3.63, 3.8) is 0 Å². The zero-order valence-corrected chi connectivity index (χ0v) is 13.4. The number of benzene rings is 2. The Morgan fingerprint density at radius 1 is 1.23 bits per heavy atom. The molecule has 0 heterocycles. The van der Waals surface area contributed by atoms with E-state index in [4.69, 9.17) is 16.3 Å². The van der Waals surface area contributed by atoms with Crippen LogP contribution in [0.1, 0.15) is 18.1 Å². The van der Waals surface area contributed by atoms with Crippen LogP contribution < -0.4 is 15.4 Å². The number of aryl methyl sites for hydroxylation is 1. The first-order valence-electron chi connectivity index (χ1n) is 7.12. The first-order valence-corrected chi connectivity index (χ1v) is 7.49. The number of hydrogen-bond donors (Lipinski definition) is 2. The fourth-order valence-corrected chi connectivity index (χ4v) is 2.19. The standard InChI is InChI=1S/C17H19ClN2O2/c1-3-22-16-10-12(2)8-9-15(16)20-17(21)19-11-13-6-4-5-7-14(13)18/h4-10H,3,11H2,1-2H3,(H2,19,20,21). The van der Waals surface area contributed by atoms with Crippen LogP contribution in [0.2, 0.25) is 5.02 Å². The molecule has 0 aliphatic carbocycles. The van der Waals surface area contributed by atoms with Gasteiger partial charge in [-0.2, -0.15) is 0 Å². The highest BCUT2D eigenvalue weighted by Gasteiger charge is 2.08. The third-order valence-corrected chi connectivity index (χ3v) is 3.45. The quantitative estimate of drug-likeness (QED) is 0.860. The molecule has 0 saturated carbocycles. The molecule has 0 saturated heterocycles. The maximum absolute atomic E-state index is 12.0. The van der Waals surface area contributed by atoms with Crippen molar-refractivity contribution in [1.29, 1.82) is 0 Å². The second kappa shape index (κ2) is 7.71. The van der Waals surface area contributed by atoms with E-state index >= 15 is 0 Å². The van der Waals surface area contributed by atoms with Gasteiger partial charge in [-0.15, -0.1) is 0 Å². The van der Waals surface area contributed by atoms with Crippen molar-refractivity contribution in [2.75, 3.05) is 11.9 Å². The molecule has 0 aliphatic rings. The van der Waals surface area contributed by atoms with Gasteiger partial charge in [-0.25, -0.2) is 4.79 Å². The van der Waals surface area contributed by atoms with Gasteiger partial charge in [0.2, 0.25) is 0 Å². The van der Waals surface area contributed by atoms with Crippen LogP contribution in [0.25, 0.3) is 0 Å². The Hall–Kier alpha value is -2.20. The largest absolute Gasteiger partial charge is 0.492 e. The normalized spacial score (nSPS) is 10.1. The molecule has 0 aromatic heterocycles. The molecule has 2 amide bonds. The molecule has 2 aromatic rings. The number of hydrogen-bond acceptors (Lipinski definition) is 2. The van der Waals surface area contributed by atoms with Crippen LogP contribution in [0, 0.1) is 6.92 Å². The predicted octanol–water partition coefficient (Wildman–Crippen LogP) is 4.37. The summed E-state index contributed by atoms with van der Waals surface area (Å²) in [5, 5.41) is 6.21. The van der Waals surface area contributed by atoms with Gasteiger partial charge >= 0.3 is 6.03 Å². The molecule has 116 valence electrons. The van der Waals surface area contributed by atoms with Gasteiger partial charge in [0, 0.05) is 11.6 Å². The number of halogens is 1. The van der Waals surface area contributed by atoms with Crippen LogP contribution in [0.5, 0.6) is 5.75 Å². The van der Waals surface area contributed by atoms with Gasteiger partial charge in [0.15, 0.2) is 0 Å². The summed E-state index contributed by atoms with van der Waals surface area (Å²) >= 11 is 6.06. The molecular weight excluding hydrogens is 300 g/mol. The zero-order valence-electron chi connectivity index (χ0n) is 12.7. The fourth-order valence-electron chi connectivity index (χ4n) is 1.99. The molecular formula is C17H19ClN2O2. The van der Waals surface area contributed by atoms with E-state index in [2.05, 4.69) is 10.6 Å². The highest BCUT2D eigenvalue weighted by Crippen LogP contribution is 2.25. The lowest BCUT2D eigenvalue weighted by Crippen LogP contribution is -2.28. The van der Waals surface area contributed by atoms with Crippen LogP contribution in [0.4, 0.5) is 10.5 Å². The van der Waals surface area contributed by atoms with Gasteiger partial charge in [0.1, 0.15) is 5.75 Å². The van der Waals surface area contributed by atoms with Crippen molar-refractivity contribution in [3.05, 3.63) is 58.6 Å². The molecule has 2 N–H and O–H groups in total. The third kappa shape index (κ3) is 4.40. The lowest BCUT2D eigenvalue weighted by molar-refractivity contribution is 0.251. The first kappa shape index (κ1) is 16.2. The molecule has 0 bridgehead atoms. The predicted molar refractivity (Wildman–Crippen MR) is 89.7 cm³/mol. The Bertz CT molecular complexity index is 659. The Morgan fingerprint density at radius 3 is 2.73 bits per heavy atom. The number of rotatable bonds is 5. The first-order chi connectivity index (χ1) is 10.6. The summed E-state index contributed by atoms with van der Waals surface area (Å²) in [7, 11) is 0. The fraction of sp³-hybridized carbons (Fsp3) is 0.235. The summed E-state index contributed by atoms with van der Waals surface area (Å²) in [6.45, 7) is 4.79. The highest BCUT2D eigenvalue weighted by molar-refractivity contribution is 6.31. The second-order valence-corrected chi connectivity index (χ2v) is 5.24. The van der Waals surface area contributed by atoms with Gasteiger partial charge in [-0.05, 0) is 43.2 Å². The van der Waals surface area contributed by atoms with E-state index in [0.29, 0.717) is 29.6 Å². The van der Waals surface area contributed by atoms with Crippen LogP contribution in [0.3, 0.4) is 0 Å². The molecule has 0 spiro atoms. The Morgan fingerprint density at radius 2 is 2.00 bits per heavy atom. The van der Waals surface area contributed by atoms with Gasteiger partial charge in [-0.1, -0.05) is 35.9 Å².